The monoisotopic (exact) mass is 292 g/mol. The van der Waals surface area contributed by atoms with Crippen molar-refractivity contribution in [2.75, 3.05) is 6.54 Å². The molecule has 1 aliphatic rings. The molecule has 1 unspecified atom stereocenters. The van der Waals surface area contributed by atoms with E-state index in [0.29, 0.717) is 6.04 Å². The van der Waals surface area contributed by atoms with Gasteiger partial charge in [-0.05, 0) is 44.2 Å². The molecule has 2 aromatic rings. The number of fused-ring (bicyclic) bond motifs is 1. The van der Waals surface area contributed by atoms with E-state index in [4.69, 9.17) is 0 Å². The van der Waals surface area contributed by atoms with Crippen LogP contribution in [0.5, 0.6) is 0 Å². The van der Waals surface area contributed by atoms with Gasteiger partial charge in [-0.1, -0.05) is 0 Å². The van der Waals surface area contributed by atoms with Crippen LogP contribution in [0.2, 0.25) is 0 Å². The van der Waals surface area contributed by atoms with Crippen LogP contribution in [-0.4, -0.2) is 11.5 Å². The van der Waals surface area contributed by atoms with E-state index in [2.05, 4.69) is 23.3 Å². The van der Waals surface area contributed by atoms with Crippen molar-refractivity contribution < 1.29 is 0 Å². The quantitative estimate of drug-likeness (QED) is 0.901. The molecular formula is C15H20N2S2. The highest BCUT2D eigenvalue weighted by molar-refractivity contribution is 7.12. The topological polar surface area (TPSA) is 24.9 Å². The Morgan fingerprint density at radius 2 is 2.26 bits per heavy atom. The third kappa shape index (κ3) is 3.25. The van der Waals surface area contributed by atoms with Crippen LogP contribution in [0.1, 0.15) is 46.1 Å². The smallest absolute Gasteiger partial charge is 0.0937 e. The van der Waals surface area contributed by atoms with Crippen molar-refractivity contribution in [1.82, 2.24) is 10.3 Å². The molecule has 3 rings (SSSR count). The summed E-state index contributed by atoms with van der Waals surface area (Å²) in [6, 6.07) is 2.90. The third-order valence-electron chi connectivity index (χ3n) is 3.72. The highest BCUT2D eigenvalue weighted by atomic mass is 32.1. The molecule has 19 heavy (non-hydrogen) atoms. The zero-order valence-corrected chi connectivity index (χ0v) is 12.9. The lowest BCUT2D eigenvalue weighted by Gasteiger charge is -2.11. The van der Waals surface area contributed by atoms with Gasteiger partial charge in [0.15, 0.2) is 0 Å². The molecule has 0 radical (unpaired) electrons. The molecule has 0 saturated carbocycles. The Morgan fingerprint density at radius 1 is 1.37 bits per heavy atom. The predicted molar refractivity (Wildman–Crippen MR) is 83.2 cm³/mol. The van der Waals surface area contributed by atoms with E-state index < -0.39 is 0 Å². The molecule has 102 valence electrons. The molecule has 0 spiro atoms. The van der Waals surface area contributed by atoms with Gasteiger partial charge in [0.25, 0.3) is 0 Å². The van der Waals surface area contributed by atoms with E-state index in [1.807, 2.05) is 22.9 Å². The van der Waals surface area contributed by atoms with Gasteiger partial charge in [0.2, 0.25) is 0 Å². The van der Waals surface area contributed by atoms with Crippen molar-refractivity contribution in [3.63, 3.8) is 0 Å². The Kier molecular flexibility index (Phi) is 4.31. The average molecular weight is 292 g/mol. The number of nitrogens with zero attached hydrogens (tertiary/aromatic N) is 1. The average Bonchev–Trinajstić information content (AvgIpc) is 3.07. The van der Waals surface area contributed by atoms with E-state index in [1.165, 1.54) is 35.6 Å². The number of thiophene rings is 1. The van der Waals surface area contributed by atoms with Crippen LogP contribution in [-0.2, 0) is 19.3 Å². The highest BCUT2D eigenvalue weighted by Crippen LogP contribution is 2.32. The molecule has 1 N–H and O–H groups in total. The SMILES string of the molecule is CC(NCCc1nccs1)c1cc2c(s1)CCCC2. The van der Waals surface area contributed by atoms with Crippen LogP contribution in [0.4, 0.5) is 0 Å². The molecule has 0 amide bonds. The number of hydrogen-bond acceptors (Lipinski definition) is 4. The number of aromatic nitrogens is 1. The van der Waals surface area contributed by atoms with Crippen molar-refractivity contribution >= 4 is 22.7 Å². The lowest BCUT2D eigenvalue weighted by Crippen LogP contribution is -2.20. The van der Waals surface area contributed by atoms with Crippen LogP contribution < -0.4 is 5.32 Å². The zero-order valence-electron chi connectivity index (χ0n) is 11.3. The van der Waals surface area contributed by atoms with Crippen LogP contribution in [0.25, 0.3) is 0 Å². The summed E-state index contributed by atoms with van der Waals surface area (Å²) >= 11 is 3.76. The molecular weight excluding hydrogens is 272 g/mol. The van der Waals surface area contributed by atoms with E-state index in [0.717, 1.165) is 13.0 Å². The number of rotatable bonds is 5. The number of nitrogens with one attached hydrogen (secondary N) is 1. The van der Waals surface area contributed by atoms with E-state index in [1.54, 1.807) is 21.8 Å². The van der Waals surface area contributed by atoms with E-state index in [9.17, 15) is 0 Å². The summed E-state index contributed by atoms with van der Waals surface area (Å²) < 4.78 is 0. The lowest BCUT2D eigenvalue weighted by molar-refractivity contribution is 0.583. The fourth-order valence-electron chi connectivity index (χ4n) is 2.60. The molecule has 0 aliphatic heterocycles. The van der Waals surface area contributed by atoms with Gasteiger partial charge >= 0.3 is 0 Å². The molecule has 0 aromatic carbocycles. The van der Waals surface area contributed by atoms with Gasteiger partial charge in [0, 0.05) is 40.3 Å². The molecule has 2 nitrogen and oxygen atoms in total. The first-order valence-corrected chi connectivity index (χ1v) is 8.76. The van der Waals surface area contributed by atoms with Gasteiger partial charge in [0.1, 0.15) is 0 Å². The highest BCUT2D eigenvalue weighted by Gasteiger charge is 2.16. The summed E-state index contributed by atoms with van der Waals surface area (Å²) in [5, 5.41) is 6.90. The number of aryl methyl sites for hydroxylation is 2. The standard InChI is InChI=1S/C15H20N2S2/c1-11(16-7-6-15-17-8-9-18-15)14-10-12-4-2-3-5-13(12)19-14/h8-11,16H,2-7H2,1H3. The molecule has 0 bridgehead atoms. The van der Waals surface area contributed by atoms with Gasteiger partial charge in [-0.25, -0.2) is 4.98 Å². The minimum Gasteiger partial charge on any atom is -0.309 e. The second kappa shape index (κ2) is 6.16. The molecule has 2 heterocycles. The fraction of sp³-hybridized carbons (Fsp3) is 0.533. The Balaban J connectivity index is 1.54. The second-order valence-electron chi connectivity index (χ2n) is 5.16. The third-order valence-corrected chi connectivity index (χ3v) is 5.97. The summed E-state index contributed by atoms with van der Waals surface area (Å²) in [4.78, 5) is 7.46. The molecule has 1 atom stereocenters. The predicted octanol–water partition coefficient (Wildman–Crippen LogP) is 3.98. The zero-order chi connectivity index (χ0) is 13.1. The van der Waals surface area contributed by atoms with Crippen LogP contribution in [0, 0.1) is 0 Å². The van der Waals surface area contributed by atoms with Crippen molar-refractivity contribution in [2.45, 2.75) is 45.1 Å². The minimum absolute atomic E-state index is 0.468. The normalized spacial score (nSPS) is 16.3. The van der Waals surface area contributed by atoms with E-state index >= 15 is 0 Å². The Morgan fingerprint density at radius 3 is 3.05 bits per heavy atom. The summed E-state index contributed by atoms with van der Waals surface area (Å²) in [7, 11) is 0. The second-order valence-corrected chi connectivity index (χ2v) is 7.30. The van der Waals surface area contributed by atoms with Crippen molar-refractivity contribution in [3.8, 4) is 0 Å². The maximum atomic E-state index is 4.32. The molecule has 1 aliphatic carbocycles. The van der Waals surface area contributed by atoms with Gasteiger partial charge < -0.3 is 5.32 Å². The van der Waals surface area contributed by atoms with E-state index in [-0.39, 0.29) is 0 Å². The minimum atomic E-state index is 0.468. The first-order chi connectivity index (χ1) is 9.33. The van der Waals surface area contributed by atoms with Crippen molar-refractivity contribution in [3.05, 3.63) is 38.0 Å². The van der Waals surface area contributed by atoms with Gasteiger partial charge in [-0.2, -0.15) is 0 Å². The largest absolute Gasteiger partial charge is 0.309 e. The first-order valence-electron chi connectivity index (χ1n) is 7.06. The van der Waals surface area contributed by atoms with Crippen molar-refractivity contribution in [2.24, 2.45) is 0 Å². The Labute approximate surface area is 122 Å². The molecule has 2 aromatic heterocycles. The summed E-state index contributed by atoms with van der Waals surface area (Å²) in [5.41, 5.74) is 1.61. The fourth-order valence-corrected chi connectivity index (χ4v) is 4.50. The lowest BCUT2D eigenvalue weighted by atomic mass is 9.99. The van der Waals surface area contributed by atoms with Gasteiger partial charge in [-0.15, -0.1) is 22.7 Å². The van der Waals surface area contributed by atoms with Gasteiger partial charge in [0.05, 0.1) is 5.01 Å². The summed E-state index contributed by atoms with van der Waals surface area (Å²) in [6.45, 7) is 3.29. The maximum absolute atomic E-state index is 4.32. The maximum Gasteiger partial charge on any atom is 0.0937 e. The Hall–Kier alpha value is -0.710. The van der Waals surface area contributed by atoms with Crippen LogP contribution >= 0.6 is 22.7 Å². The molecule has 0 fully saturated rings. The number of hydrogen-bond donors (Lipinski definition) is 1. The van der Waals surface area contributed by atoms with Gasteiger partial charge in [-0.3, -0.25) is 0 Å². The Bertz CT molecular complexity index is 493. The summed E-state index contributed by atoms with van der Waals surface area (Å²) in [5.74, 6) is 0. The molecule has 4 heteroatoms. The van der Waals surface area contributed by atoms with Crippen LogP contribution in [0.3, 0.4) is 0 Å². The first kappa shape index (κ1) is 13.3. The van der Waals surface area contributed by atoms with Crippen molar-refractivity contribution in [1.29, 1.82) is 0 Å². The summed E-state index contributed by atoms with van der Waals surface area (Å²) in [6.07, 6.45) is 8.25. The molecule has 0 saturated heterocycles. The number of thiazole rings is 1. The van der Waals surface area contributed by atoms with Crippen LogP contribution in [0.15, 0.2) is 17.6 Å².